The first kappa shape index (κ1) is 25.0. The van der Waals surface area contributed by atoms with Crippen molar-refractivity contribution in [3.8, 4) is 0 Å². The second kappa shape index (κ2) is 13.2. The number of likely N-dealkylation sites (tertiary alicyclic amines) is 1. The van der Waals surface area contributed by atoms with Crippen LogP contribution in [0.25, 0.3) is 0 Å². The first-order valence-electron chi connectivity index (χ1n) is 10.7. The SMILES string of the molecule is CN=C(NCC1CCCN(CC(C)C)C1)NCC1(CCOC)CCCC1.I. The number of methoxy groups -OCH3 is 1. The molecule has 1 saturated heterocycles. The number of hydrogen-bond donors (Lipinski definition) is 2. The number of halogens is 1. The van der Waals surface area contributed by atoms with Gasteiger partial charge in [-0.3, -0.25) is 4.99 Å². The van der Waals surface area contributed by atoms with Crippen molar-refractivity contribution in [3.05, 3.63) is 0 Å². The van der Waals surface area contributed by atoms with Crippen LogP contribution in [0.2, 0.25) is 0 Å². The molecule has 1 unspecified atom stereocenters. The Labute approximate surface area is 184 Å². The summed E-state index contributed by atoms with van der Waals surface area (Å²) in [5.74, 6) is 2.45. The molecule has 0 aromatic carbocycles. The summed E-state index contributed by atoms with van der Waals surface area (Å²) >= 11 is 0. The molecule has 0 aromatic heterocycles. The van der Waals surface area contributed by atoms with Crippen LogP contribution in [0, 0.1) is 17.3 Å². The van der Waals surface area contributed by atoms with Crippen LogP contribution < -0.4 is 10.6 Å². The Morgan fingerprint density at radius 3 is 2.59 bits per heavy atom. The molecule has 0 bridgehead atoms. The average molecular weight is 495 g/mol. The lowest BCUT2D eigenvalue weighted by molar-refractivity contribution is 0.138. The van der Waals surface area contributed by atoms with Gasteiger partial charge in [-0.1, -0.05) is 26.7 Å². The molecule has 1 aliphatic heterocycles. The summed E-state index contributed by atoms with van der Waals surface area (Å²) in [4.78, 5) is 7.10. The minimum absolute atomic E-state index is 0. The summed E-state index contributed by atoms with van der Waals surface area (Å²) in [6, 6.07) is 0. The molecular formula is C21H43IN4O. The Kier molecular flexibility index (Phi) is 12.2. The molecule has 0 spiro atoms. The summed E-state index contributed by atoms with van der Waals surface area (Å²) in [5, 5.41) is 7.21. The van der Waals surface area contributed by atoms with Gasteiger partial charge in [0.1, 0.15) is 0 Å². The number of ether oxygens (including phenoxy) is 1. The van der Waals surface area contributed by atoms with Crippen molar-refractivity contribution in [1.29, 1.82) is 0 Å². The molecule has 0 aromatic rings. The zero-order chi connectivity index (χ0) is 18.8. The summed E-state index contributed by atoms with van der Waals surface area (Å²) < 4.78 is 5.35. The Balaban J connectivity index is 0.00000364. The third kappa shape index (κ3) is 8.86. The molecule has 6 heteroatoms. The topological polar surface area (TPSA) is 48.9 Å². The summed E-state index contributed by atoms with van der Waals surface area (Å²) in [7, 11) is 3.70. The molecule has 27 heavy (non-hydrogen) atoms. The molecule has 1 saturated carbocycles. The number of piperidine rings is 1. The summed E-state index contributed by atoms with van der Waals surface area (Å²) in [6.07, 6.45) is 9.14. The van der Waals surface area contributed by atoms with Crippen molar-refractivity contribution < 1.29 is 4.74 Å². The van der Waals surface area contributed by atoms with Crippen LogP contribution >= 0.6 is 24.0 Å². The van der Waals surface area contributed by atoms with Crippen LogP contribution in [0.15, 0.2) is 4.99 Å². The van der Waals surface area contributed by atoms with Crippen LogP contribution in [0.4, 0.5) is 0 Å². The summed E-state index contributed by atoms with van der Waals surface area (Å²) in [5.41, 5.74) is 0.395. The molecule has 2 aliphatic rings. The van der Waals surface area contributed by atoms with Gasteiger partial charge in [0.15, 0.2) is 5.96 Å². The van der Waals surface area contributed by atoms with Gasteiger partial charge in [0, 0.05) is 46.9 Å². The number of nitrogens with zero attached hydrogens (tertiary/aromatic N) is 2. The highest BCUT2D eigenvalue weighted by atomic mass is 127. The molecule has 0 radical (unpaired) electrons. The number of hydrogen-bond acceptors (Lipinski definition) is 3. The van der Waals surface area contributed by atoms with Gasteiger partial charge >= 0.3 is 0 Å². The molecule has 2 N–H and O–H groups in total. The highest BCUT2D eigenvalue weighted by Crippen LogP contribution is 2.40. The maximum Gasteiger partial charge on any atom is 0.191 e. The summed E-state index contributed by atoms with van der Waals surface area (Å²) in [6.45, 7) is 11.3. The number of guanidine groups is 1. The number of nitrogens with one attached hydrogen (secondary N) is 2. The lowest BCUT2D eigenvalue weighted by Gasteiger charge is -2.34. The Morgan fingerprint density at radius 1 is 1.22 bits per heavy atom. The highest BCUT2D eigenvalue weighted by Gasteiger charge is 2.33. The van der Waals surface area contributed by atoms with E-state index in [1.165, 1.54) is 58.2 Å². The van der Waals surface area contributed by atoms with Crippen molar-refractivity contribution >= 4 is 29.9 Å². The van der Waals surface area contributed by atoms with Crippen LogP contribution in [-0.2, 0) is 4.74 Å². The second-order valence-electron chi connectivity index (χ2n) is 8.92. The van der Waals surface area contributed by atoms with Crippen molar-refractivity contribution in [2.45, 2.75) is 58.8 Å². The van der Waals surface area contributed by atoms with E-state index in [0.29, 0.717) is 5.41 Å². The van der Waals surface area contributed by atoms with Crippen LogP contribution in [0.3, 0.4) is 0 Å². The van der Waals surface area contributed by atoms with Gasteiger partial charge in [-0.15, -0.1) is 24.0 Å². The zero-order valence-electron chi connectivity index (χ0n) is 18.1. The molecular weight excluding hydrogens is 451 g/mol. The zero-order valence-corrected chi connectivity index (χ0v) is 20.4. The Morgan fingerprint density at radius 2 is 1.96 bits per heavy atom. The van der Waals surface area contributed by atoms with Gasteiger partial charge in [0.2, 0.25) is 0 Å². The van der Waals surface area contributed by atoms with Gasteiger partial charge in [0.05, 0.1) is 0 Å². The van der Waals surface area contributed by atoms with Gasteiger partial charge in [-0.05, 0) is 55.9 Å². The second-order valence-corrected chi connectivity index (χ2v) is 8.92. The molecule has 2 fully saturated rings. The van der Waals surface area contributed by atoms with E-state index in [-0.39, 0.29) is 24.0 Å². The van der Waals surface area contributed by atoms with Crippen molar-refractivity contribution in [2.75, 3.05) is 53.5 Å². The maximum absolute atomic E-state index is 5.35. The molecule has 5 nitrogen and oxygen atoms in total. The fraction of sp³-hybridized carbons (Fsp3) is 0.952. The van der Waals surface area contributed by atoms with Crippen molar-refractivity contribution in [1.82, 2.24) is 15.5 Å². The number of rotatable bonds is 9. The van der Waals surface area contributed by atoms with Crippen LogP contribution in [0.1, 0.15) is 58.8 Å². The van der Waals surface area contributed by atoms with Gasteiger partial charge in [0.25, 0.3) is 0 Å². The van der Waals surface area contributed by atoms with Crippen molar-refractivity contribution in [2.24, 2.45) is 22.2 Å². The first-order valence-corrected chi connectivity index (χ1v) is 10.7. The average Bonchev–Trinajstić information content (AvgIpc) is 3.09. The van der Waals surface area contributed by atoms with E-state index in [0.717, 1.165) is 43.9 Å². The first-order chi connectivity index (χ1) is 12.6. The molecule has 160 valence electrons. The van der Waals surface area contributed by atoms with Crippen LogP contribution in [0.5, 0.6) is 0 Å². The third-order valence-electron chi connectivity index (χ3n) is 6.14. The maximum atomic E-state index is 5.35. The predicted molar refractivity (Wildman–Crippen MR) is 126 cm³/mol. The van der Waals surface area contributed by atoms with Gasteiger partial charge in [-0.25, -0.2) is 0 Å². The van der Waals surface area contributed by atoms with E-state index >= 15 is 0 Å². The molecule has 1 atom stereocenters. The normalized spacial score (nSPS) is 23.3. The predicted octanol–water partition coefficient (Wildman–Crippen LogP) is 3.73. The number of aliphatic imine (C=N–C) groups is 1. The van der Waals surface area contributed by atoms with Gasteiger partial charge in [-0.2, -0.15) is 0 Å². The van der Waals surface area contributed by atoms with E-state index < -0.39 is 0 Å². The lowest BCUT2D eigenvalue weighted by atomic mass is 9.83. The Hall–Kier alpha value is -0.0800. The molecule has 2 rings (SSSR count). The standard InChI is InChI=1S/C21H42N4O.HI/c1-18(2)15-25-12-7-8-19(16-25)14-23-20(22-3)24-17-21(11-13-26-4)9-5-6-10-21;/h18-19H,5-17H2,1-4H3,(H2,22,23,24);1H. The molecule has 0 amide bonds. The quantitative estimate of drug-likeness (QED) is 0.291. The Bertz CT molecular complexity index is 424. The lowest BCUT2D eigenvalue weighted by Crippen LogP contribution is -2.47. The van der Waals surface area contributed by atoms with E-state index in [4.69, 9.17) is 4.74 Å². The third-order valence-corrected chi connectivity index (χ3v) is 6.14. The molecule has 1 heterocycles. The molecule has 1 aliphatic carbocycles. The van der Waals surface area contributed by atoms with E-state index in [1.54, 1.807) is 0 Å². The monoisotopic (exact) mass is 494 g/mol. The van der Waals surface area contributed by atoms with Crippen molar-refractivity contribution in [3.63, 3.8) is 0 Å². The fourth-order valence-electron chi connectivity index (χ4n) is 4.69. The minimum Gasteiger partial charge on any atom is -0.385 e. The van der Waals surface area contributed by atoms with E-state index in [2.05, 4.69) is 34.4 Å². The van der Waals surface area contributed by atoms with E-state index in [9.17, 15) is 0 Å². The highest BCUT2D eigenvalue weighted by molar-refractivity contribution is 14.0. The van der Waals surface area contributed by atoms with E-state index in [1.807, 2.05) is 14.2 Å². The van der Waals surface area contributed by atoms with Gasteiger partial charge < -0.3 is 20.3 Å². The van der Waals surface area contributed by atoms with Crippen LogP contribution in [-0.4, -0.2) is 64.3 Å². The minimum atomic E-state index is 0. The fourth-order valence-corrected chi connectivity index (χ4v) is 4.69. The largest absolute Gasteiger partial charge is 0.385 e. The smallest absolute Gasteiger partial charge is 0.191 e.